The summed E-state index contributed by atoms with van der Waals surface area (Å²) in [6.07, 6.45) is 0. The third-order valence-electron chi connectivity index (χ3n) is 5.24. The zero-order valence-electron chi connectivity index (χ0n) is 16.1. The first-order chi connectivity index (χ1) is 13.9. The highest BCUT2D eigenvalue weighted by molar-refractivity contribution is 7.20. The Morgan fingerprint density at radius 1 is 1.21 bits per heavy atom. The number of hydrogen-bond acceptors (Lipinski definition) is 5. The van der Waals surface area contributed by atoms with Crippen LogP contribution in [0.5, 0.6) is 0 Å². The maximum Gasteiger partial charge on any atom is 0.333 e. The minimum Gasteiger partial charge on any atom is -0.467 e. The van der Waals surface area contributed by atoms with Crippen molar-refractivity contribution < 1.29 is 23.5 Å². The molecule has 0 radical (unpaired) electrons. The highest BCUT2D eigenvalue weighted by Gasteiger charge is 2.46. The molecule has 0 aliphatic carbocycles. The number of halogens is 1. The number of carbonyl (C=O) groups is 2. The van der Waals surface area contributed by atoms with Crippen molar-refractivity contribution in [3.8, 4) is 11.1 Å². The molecular formula is C22H20FNO4S. The summed E-state index contributed by atoms with van der Waals surface area (Å²) in [7, 11) is 1.30. The number of fused-ring (bicyclic) bond motifs is 1. The second kappa shape index (κ2) is 7.57. The molecule has 2 heterocycles. The van der Waals surface area contributed by atoms with Crippen LogP contribution < -0.4 is 0 Å². The lowest BCUT2D eigenvalue weighted by Crippen LogP contribution is -2.62. The number of carbonyl (C=O) groups excluding carboxylic acids is 2. The number of morpholine rings is 1. The van der Waals surface area contributed by atoms with Crippen molar-refractivity contribution >= 4 is 33.3 Å². The molecule has 0 spiro atoms. The van der Waals surface area contributed by atoms with Gasteiger partial charge in [-0.2, -0.15) is 0 Å². The number of ether oxygens (including phenoxy) is 2. The highest BCUT2D eigenvalue weighted by atomic mass is 32.1. The molecule has 1 saturated heterocycles. The molecule has 1 atom stereocenters. The van der Waals surface area contributed by atoms with Crippen LogP contribution in [0.3, 0.4) is 0 Å². The quantitative estimate of drug-likeness (QED) is 0.607. The molecule has 29 heavy (non-hydrogen) atoms. The van der Waals surface area contributed by atoms with Crippen molar-refractivity contribution in [2.45, 2.75) is 12.5 Å². The van der Waals surface area contributed by atoms with E-state index in [-0.39, 0.29) is 18.3 Å². The lowest BCUT2D eigenvalue weighted by atomic mass is 9.99. The number of methoxy groups -OCH3 is 1. The van der Waals surface area contributed by atoms with Crippen LogP contribution in [0.1, 0.15) is 16.6 Å². The van der Waals surface area contributed by atoms with Gasteiger partial charge in [0, 0.05) is 16.6 Å². The maximum atomic E-state index is 13.3. The normalized spacial score (nSPS) is 19.3. The van der Waals surface area contributed by atoms with Crippen LogP contribution in [0.25, 0.3) is 21.2 Å². The van der Waals surface area contributed by atoms with E-state index in [2.05, 4.69) is 0 Å². The molecule has 1 unspecified atom stereocenters. The maximum absolute atomic E-state index is 13.3. The molecule has 1 aliphatic rings. The lowest BCUT2D eigenvalue weighted by molar-refractivity contribution is -0.161. The van der Waals surface area contributed by atoms with Gasteiger partial charge in [-0.25, -0.2) is 9.18 Å². The zero-order chi connectivity index (χ0) is 20.6. The Bertz CT molecular complexity index is 1080. The van der Waals surface area contributed by atoms with Gasteiger partial charge in [0.2, 0.25) is 0 Å². The smallest absolute Gasteiger partial charge is 0.333 e. The first-order valence-electron chi connectivity index (χ1n) is 9.20. The lowest BCUT2D eigenvalue weighted by Gasteiger charge is -2.41. The van der Waals surface area contributed by atoms with Gasteiger partial charge in [-0.15, -0.1) is 11.3 Å². The molecular weight excluding hydrogens is 393 g/mol. The summed E-state index contributed by atoms with van der Waals surface area (Å²) in [6, 6.07) is 13.9. The van der Waals surface area contributed by atoms with Gasteiger partial charge < -0.3 is 14.4 Å². The minimum absolute atomic E-state index is 0.0944. The van der Waals surface area contributed by atoms with Crippen LogP contribution in [-0.4, -0.2) is 49.2 Å². The molecule has 1 fully saturated rings. The van der Waals surface area contributed by atoms with E-state index >= 15 is 0 Å². The zero-order valence-corrected chi connectivity index (χ0v) is 16.9. The Morgan fingerprint density at radius 2 is 1.97 bits per heavy atom. The van der Waals surface area contributed by atoms with Crippen LogP contribution in [0.2, 0.25) is 0 Å². The molecule has 2 aromatic carbocycles. The van der Waals surface area contributed by atoms with E-state index in [4.69, 9.17) is 9.47 Å². The van der Waals surface area contributed by atoms with Gasteiger partial charge in [0.15, 0.2) is 5.54 Å². The monoisotopic (exact) mass is 413 g/mol. The fourth-order valence-electron chi connectivity index (χ4n) is 3.65. The third kappa shape index (κ3) is 3.41. The summed E-state index contributed by atoms with van der Waals surface area (Å²) < 4.78 is 24.6. The molecule has 1 aromatic heterocycles. The average Bonchev–Trinajstić information content (AvgIpc) is 3.18. The van der Waals surface area contributed by atoms with E-state index in [1.165, 1.54) is 35.5 Å². The van der Waals surface area contributed by atoms with Crippen LogP contribution in [0.4, 0.5) is 4.39 Å². The molecule has 4 rings (SSSR count). The predicted molar refractivity (Wildman–Crippen MR) is 109 cm³/mol. The van der Waals surface area contributed by atoms with E-state index in [0.717, 1.165) is 21.2 Å². The number of hydrogen-bond donors (Lipinski definition) is 0. The van der Waals surface area contributed by atoms with Crippen LogP contribution in [-0.2, 0) is 14.3 Å². The van der Waals surface area contributed by atoms with Gasteiger partial charge >= 0.3 is 5.97 Å². The van der Waals surface area contributed by atoms with Crippen LogP contribution in [0, 0.1) is 5.82 Å². The first kappa shape index (κ1) is 19.5. The van der Waals surface area contributed by atoms with E-state index in [1.54, 1.807) is 19.1 Å². The summed E-state index contributed by atoms with van der Waals surface area (Å²) in [5.74, 6) is -1.03. The van der Waals surface area contributed by atoms with Gasteiger partial charge in [-0.05, 0) is 42.3 Å². The number of benzene rings is 2. The number of thiophene rings is 1. The van der Waals surface area contributed by atoms with E-state index < -0.39 is 11.5 Å². The van der Waals surface area contributed by atoms with Gasteiger partial charge in [0.1, 0.15) is 5.82 Å². The largest absolute Gasteiger partial charge is 0.467 e. The van der Waals surface area contributed by atoms with Crippen molar-refractivity contribution in [1.29, 1.82) is 0 Å². The first-order valence-corrected chi connectivity index (χ1v) is 10.0. The van der Waals surface area contributed by atoms with Crippen molar-refractivity contribution in [2.24, 2.45) is 0 Å². The van der Waals surface area contributed by atoms with Crippen molar-refractivity contribution in [1.82, 2.24) is 4.90 Å². The predicted octanol–water partition coefficient (Wildman–Crippen LogP) is 4.11. The molecule has 0 saturated carbocycles. The average molecular weight is 413 g/mol. The summed E-state index contributed by atoms with van der Waals surface area (Å²) in [4.78, 5) is 27.7. The number of amides is 1. The van der Waals surface area contributed by atoms with E-state index in [0.29, 0.717) is 18.0 Å². The molecule has 1 aliphatic heterocycles. The molecule has 1 amide bonds. The van der Waals surface area contributed by atoms with E-state index in [9.17, 15) is 14.0 Å². The third-order valence-corrected chi connectivity index (χ3v) is 6.32. The standard InChI is InChI=1S/C22H20FNO4S/c1-22(21(26)27-2)13-28-11-10-24(22)20(25)19-12-17-16(4-3-5-18(17)29-19)14-6-8-15(23)9-7-14/h3-9,12H,10-11,13H2,1-2H3. The van der Waals surface area contributed by atoms with Crippen molar-refractivity contribution in [3.05, 3.63) is 59.2 Å². The second-order valence-electron chi connectivity index (χ2n) is 7.11. The van der Waals surface area contributed by atoms with Crippen LogP contribution >= 0.6 is 11.3 Å². The molecule has 150 valence electrons. The SMILES string of the molecule is COC(=O)C1(C)COCCN1C(=O)c1cc2c(-c3ccc(F)cc3)cccc2s1. The van der Waals surface area contributed by atoms with Gasteiger partial charge in [-0.1, -0.05) is 24.3 Å². The fraction of sp³-hybridized carbons (Fsp3) is 0.273. The Labute approximate surface area is 171 Å². The van der Waals surface area contributed by atoms with E-state index in [1.807, 2.05) is 24.3 Å². The summed E-state index contributed by atoms with van der Waals surface area (Å²) in [6.45, 7) is 2.43. The van der Waals surface area contributed by atoms with Crippen molar-refractivity contribution in [2.75, 3.05) is 26.9 Å². The summed E-state index contributed by atoms with van der Waals surface area (Å²) >= 11 is 1.37. The second-order valence-corrected chi connectivity index (χ2v) is 8.19. The number of esters is 1. The van der Waals surface area contributed by atoms with Crippen molar-refractivity contribution in [3.63, 3.8) is 0 Å². The molecule has 3 aromatic rings. The van der Waals surface area contributed by atoms with Crippen LogP contribution in [0.15, 0.2) is 48.5 Å². The Kier molecular flexibility index (Phi) is 5.10. The molecule has 0 N–H and O–H groups in total. The highest BCUT2D eigenvalue weighted by Crippen LogP contribution is 2.36. The molecule has 0 bridgehead atoms. The Morgan fingerprint density at radius 3 is 2.69 bits per heavy atom. The minimum atomic E-state index is -1.17. The van der Waals surface area contributed by atoms with Gasteiger partial charge in [-0.3, -0.25) is 4.79 Å². The number of rotatable bonds is 3. The fourth-order valence-corrected chi connectivity index (χ4v) is 4.68. The molecule has 7 heteroatoms. The summed E-state index contributed by atoms with van der Waals surface area (Å²) in [5.41, 5.74) is 0.634. The summed E-state index contributed by atoms with van der Waals surface area (Å²) in [5, 5.41) is 0.917. The Balaban J connectivity index is 1.74. The Hall–Kier alpha value is -2.77. The molecule has 5 nitrogen and oxygen atoms in total. The number of nitrogens with zero attached hydrogens (tertiary/aromatic N) is 1. The van der Waals surface area contributed by atoms with Gasteiger partial charge in [0.05, 0.1) is 25.2 Å². The topological polar surface area (TPSA) is 55.8 Å². The van der Waals surface area contributed by atoms with Gasteiger partial charge in [0.25, 0.3) is 5.91 Å².